The van der Waals surface area contributed by atoms with Crippen molar-refractivity contribution in [2.45, 2.75) is 44.7 Å². The van der Waals surface area contributed by atoms with E-state index in [1.807, 2.05) is 0 Å². The Morgan fingerprint density at radius 3 is 2.65 bits per heavy atom. The lowest BCUT2D eigenvalue weighted by molar-refractivity contribution is -0.154. The van der Waals surface area contributed by atoms with Crippen LogP contribution < -0.4 is 5.32 Å². The van der Waals surface area contributed by atoms with E-state index in [0.717, 1.165) is 12.8 Å². The first-order valence-corrected chi connectivity index (χ1v) is 6.19. The van der Waals surface area contributed by atoms with E-state index < -0.39 is 18.3 Å². The van der Waals surface area contributed by atoms with Crippen molar-refractivity contribution >= 4 is 11.8 Å². The first-order chi connectivity index (χ1) is 8.00. The van der Waals surface area contributed by atoms with Crippen molar-refractivity contribution in [2.75, 3.05) is 13.2 Å². The molecule has 2 atom stereocenters. The molecule has 1 saturated heterocycles. The van der Waals surface area contributed by atoms with E-state index in [2.05, 4.69) is 5.32 Å². The SMILES string of the molecule is CC1C(=O)NC(C)(C2CC2)C(=O)N1CCCF. The van der Waals surface area contributed by atoms with Gasteiger partial charge in [-0.3, -0.25) is 14.0 Å². The zero-order valence-electron chi connectivity index (χ0n) is 10.3. The molecular weight excluding hydrogens is 223 g/mol. The summed E-state index contributed by atoms with van der Waals surface area (Å²) in [6.07, 6.45) is 2.26. The molecule has 2 aliphatic rings. The van der Waals surface area contributed by atoms with Gasteiger partial charge in [0.1, 0.15) is 11.6 Å². The minimum absolute atomic E-state index is 0.0550. The molecule has 96 valence electrons. The summed E-state index contributed by atoms with van der Waals surface area (Å²) in [5.41, 5.74) is -0.764. The van der Waals surface area contributed by atoms with Crippen LogP contribution in [-0.2, 0) is 9.59 Å². The van der Waals surface area contributed by atoms with Gasteiger partial charge in [-0.25, -0.2) is 0 Å². The normalized spacial score (nSPS) is 33.8. The van der Waals surface area contributed by atoms with Crippen molar-refractivity contribution in [2.24, 2.45) is 5.92 Å². The topological polar surface area (TPSA) is 49.4 Å². The number of amides is 2. The number of carbonyl (C=O) groups excluding carboxylic acids is 2. The second-order valence-electron chi connectivity index (χ2n) is 5.18. The van der Waals surface area contributed by atoms with Gasteiger partial charge in [-0.2, -0.15) is 0 Å². The minimum atomic E-state index is -0.764. The van der Waals surface area contributed by atoms with Gasteiger partial charge in [0.25, 0.3) is 0 Å². The number of piperazine rings is 1. The highest BCUT2D eigenvalue weighted by Gasteiger charge is 2.54. The van der Waals surface area contributed by atoms with E-state index >= 15 is 0 Å². The number of halogens is 1. The molecule has 0 aromatic rings. The highest BCUT2D eigenvalue weighted by molar-refractivity contribution is 5.99. The summed E-state index contributed by atoms with van der Waals surface area (Å²) in [5, 5.41) is 2.84. The smallest absolute Gasteiger partial charge is 0.249 e. The first kappa shape index (κ1) is 12.3. The fraction of sp³-hybridized carbons (Fsp3) is 0.833. The average molecular weight is 242 g/mol. The molecule has 1 aliphatic carbocycles. The van der Waals surface area contributed by atoms with Crippen LogP contribution in [0.2, 0.25) is 0 Å². The van der Waals surface area contributed by atoms with Crippen molar-refractivity contribution in [1.29, 1.82) is 0 Å². The number of nitrogens with zero attached hydrogens (tertiary/aromatic N) is 1. The Balaban J connectivity index is 2.17. The zero-order valence-corrected chi connectivity index (χ0v) is 10.3. The average Bonchev–Trinajstić information content (AvgIpc) is 3.11. The van der Waals surface area contributed by atoms with Gasteiger partial charge in [0, 0.05) is 6.54 Å². The Bertz CT molecular complexity index is 343. The second kappa shape index (κ2) is 4.27. The summed E-state index contributed by atoms with van der Waals surface area (Å²) in [6.45, 7) is 3.35. The summed E-state index contributed by atoms with van der Waals surface area (Å²) in [7, 11) is 0. The molecule has 0 bridgehead atoms. The molecule has 1 heterocycles. The van der Waals surface area contributed by atoms with Crippen LogP contribution in [0.5, 0.6) is 0 Å². The summed E-state index contributed by atoms with van der Waals surface area (Å²) >= 11 is 0. The van der Waals surface area contributed by atoms with Gasteiger partial charge < -0.3 is 10.2 Å². The Labute approximate surface area is 101 Å². The fourth-order valence-electron chi connectivity index (χ4n) is 2.49. The molecule has 2 unspecified atom stereocenters. The molecule has 0 aromatic heterocycles. The quantitative estimate of drug-likeness (QED) is 0.795. The second-order valence-corrected chi connectivity index (χ2v) is 5.18. The number of alkyl halides is 1. The van der Waals surface area contributed by atoms with E-state index in [1.165, 1.54) is 4.90 Å². The molecule has 0 radical (unpaired) electrons. The maximum absolute atomic E-state index is 12.4. The summed E-state index contributed by atoms with van der Waals surface area (Å²) in [4.78, 5) is 25.8. The zero-order chi connectivity index (χ0) is 12.6. The lowest BCUT2D eigenvalue weighted by Crippen LogP contribution is -2.69. The third-order valence-corrected chi connectivity index (χ3v) is 3.86. The van der Waals surface area contributed by atoms with Gasteiger partial charge in [-0.05, 0) is 39.0 Å². The monoisotopic (exact) mass is 242 g/mol. The van der Waals surface area contributed by atoms with Crippen LogP contribution in [0.4, 0.5) is 4.39 Å². The van der Waals surface area contributed by atoms with Gasteiger partial charge in [-0.15, -0.1) is 0 Å². The van der Waals surface area contributed by atoms with Gasteiger partial charge in [0.15, 0.2) is 0 Å². The van der Waals surface area contributed by atoms with Gasteiger partial charge >= 0.3 is 0 Å². The van der Waals surface area contributed by atoms with E-state index in [0.29, 0.717) is 13.0 Å². The van der Waals surface area contributed by atoms with E-state index in [4.69, 9.17) is 0 Å². The van der Waals surface area contributed by atoms with Crippen molar-refractivity contribution in [3.05, 3.63) is 0 Å². The maximum atomic E-state index is 12.4. The van der Waals surface area contributed by atoms with E-state index in [1.54, 1.807) is 13.8 Å². The van der Waals surface area contributed by atoms with Gasteiger partial charge in [-0.1, -0.05) is 0 Å². The van der Waals surface area contributed by atoms with Crippen LogP contribution in [0.3, 0.4) is 0 Å². The molecule has 2 rings (SSSR count). The van der Waals surface area contributed by atoms with Crippen molar-refractivity contribution in [3.8, 4) is 0 Å². The highest BCUT2D eigenvalue weighted by Crippen LogP contribution is 2.42. The van der Waals surface area contributed by atoms with Crippen molar-refractivity contribution < 1.29 is 14.0 Å². The third kappa shape index (κ3) is 2.03. The van der Waals surface area contributed by atoms with Crippen LogP contribution >= 0.6 is 0 Å². The molecule has 2 amide bonds. The standard InChI is InChI=1S/C12H19FN2O2/c1-8-10(16)14-12(2,9-4-5-9)11(17)15(8)7-3-6-13/h8-9H,3-7H2,1-2H3,(H,14,16). The maximum Gasteiger partial charge on any atom is 0.249 e. The Hall–Kier alpha value is -1.13. The van der Waals surface area contributed by atoms with Crippen LogP contribution in [0.25, 0.3) is 0 Å². The predicted molar refractivity (Wildman–Crippen MR) is 61.0 cm³/mol. The minimum Gasteiger partial charge on any atom is -0.340 e. The molecule has 0 spiro atoms. The Morgan fingerprint density at radius 2 is 2.12 bits per heavy atom. The number of nitrogens with one attached hydrogen (secondary N) is 1. The van der Waals surface area contributed by atoms with Crippen LogP contribution in [-0.4, -0.2) is 41.5 Å². The van der Waals surface area contributed by atoms with Crippen molar-refractivity contribution in [3.63, 3.8) is 0 Å². The summed E-state index contributed by atoms with van der Waals surface area (Å²) in [6, 6.07) is -0.485. The Morgan fingerprint density at radius 1 is 1.47 bits per heavy atom. The number of hydrogen-bond acceptors (Lipinski definition) is 2. The van der Waals surface area contributed by atoms with Crippen LogP contribution in [0.1, 0.15) is 33.1 Å². The Kier molecular flexibility index (Phi) is 3.10. The molecule has 4 nitrogen and oxygen atoms in total. The van der Waals surface area contributed by atoms with Crippen LogP contribution in [0, 0.1) is 5.92 Å². The number of carbonyl (C=O) groups is 2. The summed E-state index contributed by atoms with van der Waals surface area (Å²) in [5.74, 6) is 0.0673. The first-order valence-electron chi connectivity index (χ1n) is 6.19. The van der Waals surface area contributed by atoms with Crippen molar-refractivity contribution in [1.82, 2.24) is 10.2 Å². The molecular formula is C12H19FN2O2. The van der Waals surface area contributed by atoms with E-state index in [9.17, 15) is 14.0 Å². The molecule has 1 aliphatic heterocycles. The number of hydrogen-bond donors (Lipinski definition) is 1. The fourth-order valence-corrected chi connectivity index (χ4v) is 2.49. The molecule has 5 heteroatoms. The number of rotatable bonds is 4. The van der Waals surface area contributed by atoms with Gasteiger partial charge in [0.2, 0.25) is 11.8 Å². The molecule has 0 aromatic carbocycles. The molecule has 1 saturated carbocycles. The summed E-state index contributed by atoms with van der Waals surface area (Å²) < 4.78 is 12.2. The lowest BCUT2D eigenvalue weighted by Gasteiger charge is -2.43. The largest absolute Gasteiger partial charge is 0.340 e. The molecule has 2 fully saturated rings. The third-order valence-electron chi connectivity index (χ3n) is 3.86. The lowest BCUT2D eigenvalue weighted by atomic mass is 9.89. The predicted octanol–water partition coefficient (Wildman–Crippen LogP) is 0.862. The van der Waals surface area contributed by atoms with Gasteiger partial charge in [0.05, 0.1) is 6.67 Å². The van der Waals surface area contributed by atoms with E-state index in [-0.39, 0.29) is 17.7 Å². The highest BCUT2D eigenvalue weighted by atomic mass is 19.1. The molecule has 17 heavy (non-hydrogen) atoms. The molecule has 1 N–H and O–H groups in total. The van der Waals surface area contributed by atoms with Crippen LogP contribution in [0.15, 0.2) is 0 Å².